The van der Waals surface area contributed by atoms with E-state index in [1.165, 1.54) is 16.7 Å². The predicted octanol–water partition coefficient (Wildman–Crippen LogP) is 3.55. The lowest BCUT2D eigenvalue weighted by atomic mass is 9.99. The van der Waals surface area contributed by atoms with Crippen molar-refractivity contribution in [2.45, 2.75) is 32.4 Å². The van der Waals surface area contributed by atoms with Crippen LogP contribution in [-0.2, 0) is 5.75 Å². The van der Waals surface area contributed by atoms with Crippen LogP contribution in [0.1, 0.15) is 36.5 Å². The molecule has 1 aromatic carbocycles. The molecular formula is C11H16S. The van der Waals surface area contributed by atoms with Gasteiger partial charge in [0.15, 0.2) is 0 Å². The van der Waals surface area contributed by atoms with E-state index in [9.17, 15) is 0 Å². The molecule has 0 nitrogen and oxygen atoms in total. The van der Waals surface area contributed by atoms with Crippen LogP contribution in [0.25, 0.3) is 0 Å². The molecule has 0 aliphatic carbocycles. The number of aryl methyl sites for hydroxylation is 1. The van der Waals surface area contributed by atoms with E-state index in [2.05, 4.69) is 51.6 Å². The van der Waals surface area contributed by atoms with Crippen LogP contribution in [0.3, 0.4) is 0 Å². The summed E-state index contributed by atoms with van der Waals surface area (Å²) in [6.07, 6.45) is 0. The van der Waals surface area contributed by atoms with Crippen molar-refractivity contribution in [1.82, 2.24) is 0 Å². The van der Waals surface area contributed by atoms with Crippen molar-refractivity contribution in [2.24, 2.45) is 0 Å². The maximum atomic E-state index is 4.30. The van der Waals surface area contributed by atoms with Gasteiger partial charge in [-0.3, -0.25) is 0 Å². The van der Waals surface area contributed by atoms with E-state index in [1.54, 1.807) is 0 Å². The number of rotatable bonds is 2. The fraction of sp³-hybridized carbons (Fsp3) is 0.455. The number of hydrogen-bond acceptors (Lipinski definition) is 1. The molecule has 0 spiro atoms. The van der Waals surface area contributed by atoms with Gasteiger partial charge in [0, 0.05) is 5.75 Å². The molecule has 0 N–H and O–H groups in total. The molecule has 0 amide bonds. The molecule has 0 atom stereocenters. The van der Waals surface area contributed by atoms with Crippen LogP contribution in [0.2, 0.25) is 0 Å². The van der Waals surface area contributed by atoms with E-state index in [1.807, 2.05) is 0 Å². The number of thiol groups is 1. The van der Waals surface area contributed by atoms with Crippen LogP contribution >= 0.6 is 12.6 Å². The first-order chi connectivity index (χ1) is 5.65. The van der Waals surface area contributed by atoms with Crippen molar-refractivity contribution < 1.29 is 0 Å². The molecular weight excluding hydrogens is 164 g/mol. The fourth-order valence-corrected chi connectivity index (χ4v) is 1.56. The summed E-state index contributed by atoms with van der Waals surface area (Å²) in [5.74, 6) is 1.45. The third-order valence-electron chi connectivity index (χ3n) is 2.21. The first-order valence-electron chi connectivity index (χ1n) is 4.35. The maximum absolute atomic E-state index is 4.30. The van der Waals surface area contributed by atoms with Crippen LogP contribution in [0.4, 0.5) is 0 Å². The zero-order valence-electron chi connectivity index (χ0n) is 7.96. The number of hydrogen-bond donors (Lipinski definition) is 1. The molecule has 1 aromatic rings. The molecule has 0 aromatic heterocycles. The van der Waals surface area contributed by atoms with Gasteiger partial charge in [-0.05, 0) is 29.5 Å². The molecule has 0 unspecified atom stereocenters. The molecule has 0 saturated heterocycles. The minimum Gasteiger partial charge on any atom is -0.175 e. The Labute approximate surface area is 80.4 Å². The van der Waals surface area contributed by atoms with E-state index in [-0.39, 0.29) is 0 Å². The molecule has 0 heterocycles. The highest BCUT2D eigenvalue weighted by molar-refractivity contribution is 7.79. The Balaban J connectivity index is 3.05. The third-order valence-corrected chi connectivity index (χ3v) is 2.55. The Morgan fingerprint density at radius 1 is 1.33 bits per heavy atom. The highest BCUT2D eigenvalue weighted by Crippen LogP contribution is 2.19. The lowest BCUT2D eigenvalue weighted by Crippen LogP contribution is -1.91. The minimum atomic E-state index is 0.615. The second-order valence-electron chi connectivity index (χ2n) is 3.50. The van der Waals surface area contributed by atoms with Gasteiger partial charge in [0.1, 0.15) is 0 Å². The van der Waals surface area contributed by atoms with Crippen LogP contribution in [0, 0.1) is 6.92 Å². The van der Waals surface area contributed by atoms with Crippen LogP contribution in [0.5, 0.6) is 0 Å². The highest BCUT2D eigenvalue weighted by atomic mass is 32.1. The van der Waals surface area contributed by atoms with E-state index >= 15 is 0 Å². The summed E-state index contributed by atoms with van der Waals surface area (Å²) >= 11 is 4.30. The molecule has 0 bridgehead atoms. The SMILES string of the molecule is Cc1ccc(C(C)C)cc1CS. The molecule has 66 valence electrons. The molecule has 0 fully saturated rings. The third kappa shape index (κ3) is 2.04. The van der Waals surface area contributed by atoms with Crippen molar-refractivity contribution in [3.63, 3.8) is 0 Å². The van der Waals surface area contributed by atoms with Crippen molar-refractivity contribution in [3.8, 4) is 0 Å². The summed E-state index contributed by atoms with van der Waals surface area (Å²) in [5.41, 5.74) is 4.10. The Hall–Kier alpha value is -0.430. The molecule has 0 saturated carbocycles. The average molecular weight is 180 g/mol. The van der Waals surface area contributed by atoms with Gasteiger partial charge in [-0.1, -0.05) is 32.0 Å². The predicted molar refractivity (Wildman–Crippen MR) is 58.0 cm³/mol. The Bertz CT molecular complexity index is 264. The van der Waals surface area contributed by atoms with Crippen molar-refractivity contribution in [2.75, 3.05) is 0 Å². The summed E-state index contributed by atoms with van der Waals surface area (Å²) < 4.78 is 0. The van der Waals surface area contributed by atoms with Gasteiger partial charge in [-0.2, -0.15) is 12.6 Å². The molecule has 0 aliphatic heterocycles. The average Bonchev–Trinajstić information content (AvgIpc) is 2.05. The summed E-state index contributed by atoms with van der Waals surface area (Å²) in [5, 5.41) is 0. The molecule has 0 aliphatic rings. The zero-order valence-corrected chi connectivity index (χ0v) is 8.86. The van der Waals surface area contributed by atoms with Gasteiger partial charge in [0.2, 0.25) is 0 Å². The fourth-order valence-electron chi connectivity index (χ4n) is 1.22. The smallest absolute Gasteiger partial charge is 0.0156 e. The van der Waals surface area contributed by atoms with Gasteiger partial charge >= 0.3 is 0 Å². The van der Waals surface area contributed by atoms with Crippen LogP contribution in [0.15, 0.2) is 18.2 Å². The summed E-state index contributed by atoms with van der Waals surface area (Å²) in [6.45, 7) is 6.57. The zero-order chi connectivity index (χ0) is 9.14. The van der Waals surface area contributed by atoms with E-state index in [4.69, 9.17) is 0 Å². The van der Waals surface area contributed by atoms with Crippen LogP contribution < -0.4 is 0 Å². The largest absolute Gasteiger partial charge is 0.175 e. The van der Waals surface area contributed by atoms with Gasteiger partial charge in [0.05, 0.1) is 0 Å². The van der Waals surface area contributed by atoms with Crippen molar-refractivity contribution in [1.29, 1.82) is 0 Å². The van der Waals surface area contributed by atoms with Gasteiger partial charge in [0.25, 0.3) is 0 Å². The quantitative estimate of drug-likeness (QED) is 0.661. The topological polar surface area (TPSA) is 0 Å². The minimum absolute atomic E-state index is 0.615. The second-order valence-corrected chi connectivity index (χ2v) is 3.81. The first-order valence-corrected chi connectivity index (χ1v) is 4.98. The summed E-state index contributed by atoms with van der Waals surface area (Å²) in [7, 11) is 0. The molecule has 0 radical (unpaired) electrons. The van der Waals surface area contributed by atoms with Gasteiger partial charge in [-0.25, -0.2) is 0 Å². The highest BCUT2D eigenvalue weighted by Gasteiger charge is 2.01. The number of benzene rings is 1. The van der Waals surface area contributed by atoms with Gasteiger partial charge < -0.3 is 0 Å². The molecule has 1 rings (SSSR count). The van der Waals surface area contributed by atoms with E-state index in [0.29, 0.717) is 5.92 Å². The normalized spacial score (nSPS) is 10.8. The summed E-state index contributed by atoms with van der Waals surface area (Å²) in [4.78, 5) is 0. The Morgan fingerprint density at radius 2 is 2.00 bits per heavy atom. The summed E-state index contributed by atoms with van der Waals surface area (Å²) in [6, 6.07) is 6.64. The van der Waals surface area contributed by atoms with E-state index in [0.717, 1.165) is 5.75 Å². The first kappa shape index (κ1) is 9.66. The van der Waals surface area contributed by atoms with Gasteiger partial charge in [-0.15, -0.1) is 0 Å². The van der Waals surface area contributed by atoms with Crippen molar-refractivity contribution >= 4 is 12.6 Å². The second kappa shape index (κ2) is 3.99. The lowest BCUT2D eigenvalue weighted by molar-refractivity contribution is 0.863. The molecule has 1 heteroatoms. The van der Waals surface area contributed by atoms with E-state index < -0.39 is 0 Å². The monoisotopic (exact) mass is 180 g/mol. The Kier molecular flexibility index (Phi) is 3.21. The lowest BCUT2D eigenvalue weighted by Gasteiger charge is -2.09. The van der Waals surface area contributed by atoms with Crippen LogP contribution in [-0.4, -0.2) is 0 Å². The Morgan fingerprint density at radius 3 is 2.50 bits per heavy atom. The maximum Gasteiger partial charge on any atom is 0.0156 e. The molecule has 12 heavy (non-hydrogen) atoms. The standard InChI is InChI=1S/C11H16S/c1-8(2)10-5-4-9(3)11(6-10)7-12/h4-6,8,12H,7H2,1-3H3. The van der Waals surface area contributed by atoms with Crippen molar-refractivity contribution in [3.05, 3.63) is 34.9 Å².